The lowest BCUT2D eigenvalue weighted by molar-refractivity contribution is 0.0877. The van der Waals surface area contributed by atoms with E-state index in [1.165, 1.54) is 38.6 Å². The van der Waals surface area contributed by atoms with E-state index in [0.717, 1.165) is 24.4 Å². The second kappa shape index (κ2) is 3.97. The Morgan fingerprint density at radius 2 is 2.15 bits per heavy atom. The summed E-state index contributed by atoms with van der Waals surface area (Å²) in [6.07, 6.45) is 6.98. The Morgan fingerprint density at radius 3 is 2.92 bits per heavy atom. The average molecular weight is 182 g/mol. The Hall–Kier alpha value is -0.0800. The molecule has 2 N–H and O–H groups in total. The monoisotopic (exact) mass is 182 g/mol. The topological polar surface area (TPSA) is 29.3 Å². The lowest BCUT2D eigenvalue weighted by Crippen LogP contribution is -2.44. The first-order valence-electron chi connectivity index (χ1n) is 5.73. The van der Waals surface area contributed by atoms with Crippen LogP contribution < -0.4 is 5.73 Å². The third-order valence-electron chi connectivity index (χ3n) is 4.09. The molecule has 1 aliphatic heterocycles. The second-order valence-electron chi connectivity index (χ2n) is 4.77. The summed E-state index contributed by atoms with van der Waals surface area (Å²) < 4.78 is 0. The number of nitrogens with zero attached hydrogens (tertiary/aromatic N) is 1. The molecule has 3 unspecified atom stereocenters. The quantitative estimate of drug-likeness (QED) is 0.700. The normalized spacial score (nSPS) is 40.6. The van der Waals surface area contributed by atoms with Crippen molar-refractivity contribution in [2.45, 2.75) is 38.1 Å². The number of likely N-dealkylation sites (tertiary alicyclic amines) is 1. The summed E-state index contributed by atoms with van der Waals surface area (Å²) in [7, 11) is 2.29. The SMILES string of the molecule is CN1CCC(CCN)C2CCCC21. The molecule has 13 heavy (non-hydrogen) atoms. The van der Waals surface area contributed by atoms with Crippen LogP contribution in [0.3, 0.4) is 0 Å². The van der Waals surface area contributed by atoms with E-state index in [-0.39, 0.29) is 0 Å². The van der Waals surface area contributed by atoms with Crippen LogP contribution in [0.1, 0.15) is 32.1 Å². The van der Waals surface area contributed by atoms with Crippen molar-refractivity contribution in [1.29, 1.82) is 0 Å². The van der Waals surface area contributed by atoms with Crippen LogP contribution in [-0.4, -0.2) is 31.1 Å². The third-order valence-corrected chi connectivity index (χ3v) is 4.09. The summed E-state index contributed by atoms with van der Waals surface area (Å²) in [6, 6.07) is 0.894. The molecular formula is C11H22N2. The smallest absolute Gasteiger partial charge is 0.0123 e. The summed E-state index contributed by atoms with van der Waals surface area (Å²) >= 11 is 0. The maximum atomic E-state index is 5.66. The van der Waals surface area contributed by atoms with Gasteiger partial charge in [-0.3, -0.25) is 0 Å². The lowest BCUT2D eigenvalue weighted by Gasteiger charge is -2.40. The van der Waals surface area contributed by atoms with Gasteiger partial charge in [0, 0.05) is 6.04 Å². The first-order valence-corrected chi connectivity index (χ1v) is 5.73. The van der Waals surface area contributed by atoms with Crippen molar-refractivity contribution in [3.8, 4) is 0 Å². The molecule has 2 aliphatic rings. The van der Waals surface area contributed by atoms with Crippen LogP contribution in [-0.2, 0) is 0 Å². The molecule has 0 aromatic carbocycles. The summed E-state index contributed by atoms with van der Waals surface area (Å²) in [5.41, 5.74) is 5.66. The zero-order valence-corrected chi connectivity index (χ0v) is 8.71. The highest BCUT2D eigenvalue weighted by molar-refractivity contribution is 4.92. The number of nitrogens with two attached hydrogens (primary N) is 1. The van der Waals surface area contributed by atoms with Crippen molar-refractivity contribution in [2.24, 2.45) is 17.6 Å². The number of hydrogen-bond acceptors (Lipinski definition) is 2. The summed E-state index contributed by atoms with van der Waals surface area (Å²) in [6.45, 7) is 2.18. The number of rotatable bonds is 2. The van der Waals surface area contributed by atoms with Crippen molar-refractivity contribution in [3.05, 3.63) is 0 Å². The van der Waals surface area contributed by atoms with Crippen molar-refractivity contribution >= 4 is 0 Å². The van der Waals surface area contributed by atoms with Crippen molar-refractivity contribution in [2.75, 3.05) is 20.1 Å². The fraction of sp³-hybridized carbons (Fsp3) is 1.00. The van der Waals surface area contributed by atoms with E-state index >= 15 is 0 Å². The molecule has 0 amide bonds. The van der Waals surface area contributed by atoms with E-state index in [2.05, 4.69) is 11.9 Å². The van der Waals surface area contributed by atoms with E-state index in [9.17, 15) is 0 Å². The summed E-state index contributed by atoms with van der Waals surface area (Å²) in [4.78, 5) is 2.57. The van der Waals surface area contributed by atoms with Crippen LogP contribution in [0.2, 0.25) is 0 Å². The number of fused-ring (bicyclic) bond motifs is 1. The largest absolute Gasteiger partial charge is 0.330 e. The minimum atomic E-state index is 0.887. The van der Waals surface area contributed by atoms with E-state index in [1.54, 1.807) is 0 Å². The molecule has 0 bridgehead atoms. The first-order chi connectivity index (χ1) is 6.33. The zero-order chi connectivity index (χ0) is 9.26. The molecule has 1 aliphatic carbocycles. The molecule has 1 heterocycles. The fourth-order valence-corrected chi connectivity index (χ4v) is 3.39. The van der Waals surface area contributed by atoms with Crippen molar-refractivity contribution < 1.29 is 0 Å². The highest BCUT2D eigenvalue weighted by Gasteiger charge is 2.38. The van der Waals surface area contributed by atoms with Gasteiger partial charge in [-0.05, 0) is 57.7 Å². The van der Waals surface area contributed by atoms with E-state index in [4.69, 9.17) is 5.73 Å². The van der Waals surface area contributed by atoms with Crippen molar-refractivity contribution in [3.63, 3.8) is 0 Å². The van der Waals surface area contributed by atoms with Gasteiger partial charge in [0.15, 0.2) is 0 Å². The Labute approximate surface area is 81.5 Å². The van der Waals surface area contributed by atoms with Gasteiger partial charge in [-0.25, -0.2) is 0 Å². The van der Waals surface area contributed by atoms with Crippen LogP contribution in [0.25, 0.3) is 0 Å². The third kappa shape index (κ3) is 1.75. The Morgan fingerprint density at radius 1 is 1.31 bits per heavy atom. The van der Waals surface area contributed by atoms with Gasteiger partial charge in [0.25, 0.3) is 0 Å². The molecule has 2 rings (SSSR count). The summed E-state index contributed by atoms with van der Waals surface area (Å²) in [5.74, 6) is 1.91. The Balaban J connectivity index is 1.99. The van der Waals surface area contributed by atoms with Gasteiger partial charge in [-0.1, -0.05) is 6.42 Å². The molecule has 1 saturated carbocycles. The van der Waals surface area contributed by atoms with E-state index in [1.807, 2.05) is 0 Å². The average Bonchev–Trinajstić information content (AvgIpc) is 2.59. The molecular weight excluding hydrogens is 160 g/mol. The number of hydrogen-bond donors (Lipinski definition) is 1. The molecule has 1 saturated heterocycles. The van der Waals surface area contributed by atoms with Crippen LogP contribution in [0.15, 0.2) is 0 Å². The van der Waals surface area contributed by atoms with Crippen LogP contribution in [0.4, 0.5) is 0 Å². The molecule has 3 atom stereocenters. The predicted molar refractivity (Wildman–Crippen MR) is 55.5 cm³/mol. The van der Waals surface area contributed by atoms with Gasteiger partial charge >= 0.3 is 0 Å². The van der Waals surface area contributed by atoms with E-state index < -0.39 is 0 Å². The minimum Gasteiger partial charge on any atom is -0.330 e. The van der Waals surface area contributed by atoms with Crippen LogP contribution >= 0.6 is 0 Å². The van der Waals surface area contributed by atoms with Gasteiger partial charge in [0.2, 0.25) is 0 Å². The Bertz CT molecular complexity index is 169. The van der Waals surface area contributed by atoms with Gasteiger partial charge in [0.05, 0.1) is 0 Å². The molecule has 2 heteroatoms. The van der Waals surface area contributed by atoms with Gasteiger partial charge in [-0.2, -0.15) is 0 Å². The van der Waals surface area contributed by atoms with Gasteiger partial charge in [0.1, 0.15) is 0 Å². The molecule has 0 radical (unpaired) electrons. The number of piperidine rings is 1. The molecule has 2 fully saturated rings. The second-order valence-corrected chi connectivity index (χ2v) is 4.77. The maximum absolute atomic E-state index is 5.66. The van der Waals surface area contributed by atoms with Crippen LogP contribution in [0.5, 0.6) is 0 Å². The Kier molecular flexibility index (Phi) is 2.89. The predicted octanol–water partition coefficient (Wildman–Crippen LogP) is 1.46. The standard InChI is InChI=1S/C11H22N2/c1-13-8-6-9(5-7-12)10-3-2-4-11(10)13/h9-11H,2-8,12H2,1H3. The molecule has 0 aromatic heterocycles. The fourth-order valence-electron chi connectivity index (χ4n) is 3.39. The van der Waals surface area contributed by atoms with Gasteiger partial charge in [-0.15, -0.1) is 0 Å². The van der Waals surface area contributed by atoms with Crippen molar-refractivity contribution in [1.82, 2.24) is 4.90 Å². The lowest BCUT2D eigenvalue weighted by atomic mass is 9.79. The maximum Gasteiger partial charge on any atom is 0.0123 e. The van der Waals surface area contributed by atoms with E-state index in [0.29, 0.717) is 0 Å². The molecule has 0 spiro atoms. The molecule has 0 aromatic rings. The summed E-state index contributed by atoms with van der Waals surface area (Å²) in [5, 5.41) is 0. The highest BCUT2D eigenvalue weighted by Crippen LogP contribution is 2.40. The molecule has 2 nitrogen and oxygen atoms in total. The first kappa shape index (κ1) is 9.47. The minimum absolute atomic E-state index is 0.887. The van der Waals surface area contributed by atoms with Gasteiger partial charge < -0.3 is 10.6 Å². The molecule has 76 valence electrons. The highest BCUT2D eigenvalue weighted by atomic mass is 15.1. The van der Waals surface area contributed by atoms with Crippen LogP contribution in [0, 0.1) is 11.8 Å². The zero-order valence-electron chi connectivity index (χ0n) is 8.71.